The monoisotopic (exact) mass is 1060 g/mol. The average Bonchev–Trinajstić information content (AvgIpc) is 3.77. The van der Waals surface area contributed by atoms with Gasteiger partial charge in [0.2, 0.25) is 53.2 Å². The van der Waals surface area contributed by atoms with Gasteiger partial charge in [-0.1, -0.05) is 50.6 Å². The molecule has 0 saturated carbocycles. The van der Waals surface area contributed by atoms with E-state index in [0.717, 1.165) is 6.92 Å². The number of carbonyl (C=O) groups is 11. The number of aromatic hydroxyl groups is 1. The van der Waals surface area contributed by atoms with Gasteiger partial charge in [-0.3, -0.25) is 47.9 Å². The third kappa shape index (κ3) is 18.7. The summed E-state index contributed by atoms with van der Waals surface area (Å²) < 4.78 is 0. The number of aliphatic hydroxyl groups is 3. The summed E-state index contributed by atoms with van der Waals surface area (Å²) in [7, 11) is 0. The molecule has 0 bridgehead atoms. The molecule has 0 unspecified atom stereocenters. The van der Waals surface area contributed by atoms with Gasteiger partial charge in [0, 0.05) is 29.9 Å². The number of nitrogens with one attached hydrogen (secondary N) is 9. The summed E-state index contributed by atoms with van der Waals surface area (Å²) in [5, 5.41) is 78.1. The van der Waals surface area contributed by atoms with Crippen molar-refractivity contribution in [2.75, 3.05) is 13.2 Å². The average molecular weight is 1060 g/mol. The predicted octanol–water partition coefficient (Wildman–Crippen LogP) is -5.27. The number of amides is 9. The van der Waals surface area contributed by atoms with Crippen LogP contribution in [0.25, 0.3) is 10.9 Å². The van der Waals surface area contributed by atoms with Gasteiger partial charge in [-0.05, 0) is 49.1 Å². The Balaban J connectivity index is 1.86. The number of aliphatic carboxylic acids is 2. The lowest BCUT2D eigenvalue weighted by Gasteiger charge is -2.29. The maximum Gasteiger partial charge on any atom is 0.326 e. The highest BCUT2D eigenvalue weighted by molar-refractivity contribution is 5.99. The van der Waals surface area contributed by atoms with Gasteiger partial charge < -0.3 is 89.6 Å². The fourth-order valence-electron chi connectivity index (χ4n) is 7.23. The van der Waals surface area contributed by atoms with Gasteiger partial charge >= 0.3 is 11.9 Å². The number of benzene rings is 2. The molecule has 9 amide bonds. The predicted molar refractivity (Wildman–Crippen MR) is 262 cm³/mol. The maximum atomic E-state index is 14.0. The van der Waals surface area contributed by atoms with Crippen LogP contribution in [0.5, 0.6) is 5.75 Å². The van der Waals surface area contributed by atoms with Crippen molar-refractivity contribution in [1.82, 2.24) is 47.5 Å². The van der Waals surface area contributed by atoms with Crippen molar-refractivity contribution < 1.29 is 83.4 Å². The van der Waals surface area contributed by atoms with Crippen LogP contribution in [0.2, 0.25) is 0 Å². The number of hydrogen-bond donors (Lipinski definition) is 17. The van der Waals surface area contributed by atoms with E-state index in [9.17, 15) is 83.4 Å². The van der Waals surface area contributed by atoms with Gasteiger partial charge in [0.05, 0.1) is 32.2 Å². The molecule has 19 N–H and O–H groups in total. The molecule has 1 aromatic heterocycles. The molecule has 0 aliphatic rings. The lowest BCUT2D eigenvalue weighted by Crippen LogP contribution is -2.63. The number of aromatic nitrogens is 1. The van der Waals surface area contributed by atoms with Gasteiger partial charge in [0.25, 0.3) is 0 Å². The minimum Gasteiger partial charge on any atom is -0.508 e. The molecule has 0 spiro atoms. The normalized spacial score (nSPS) is 15.5. The molecule has 0 radical (unpaired) electrons. The number of rotatable bonds is 30. The third-order valence-corrected chi connectivity index (χ3v) is 11.7. The van der Waals surface area contributed by atoms with Gasteiger partial charge in [-0.2, -0.15) is 0 Å². The molecular weight excluding hydrogens is 991 g/mol. The number of phenolic OH excluding ortho intramolecular Hbond substituents is 1. The molecule has 28 nitrogen and oxygen atoms in total. The number of phenols is 1. The van der Waals surface area contributed by atoms with E-state index in [2.05, 4.69) is 47.5 Å². The highest BCUT2D eigenvalue weighted by Gasteiger charge is 2.37. The molecule has 3 rings (SSSR count). The molecule has 3 aromatic rings. The lowest BCUT2D eigenvalue weighted by molar-refractivity contribution is -0.143. The van der Waals surface area contributed by atoms with Crippen LogP contribution >= 0.6 is 0 Å². The van der Waals surface area contributed by atoms with Crippen LogP contribution in [0.3, 0.4) is 0 Å². The number of fused-ring (bicyclic) bond motifs is 1. The van der Waals surface area contributed by atoms with Crippen molar-refractivity contribution in [1.29, 1.82) is 0 Å². The van der Waals surface area contributed by atoms with Crippen molar-refractivity contribution in [2.24, 2.45) is 17.4 Å². The Hall–Kier alpha value is -8.21. The number of para-hydroxylation sites is 1. The van der Waals surface area contributed by atoms with Crippen LogP contribution in [0.15, 0.2) is 54.7 Å². The molecule has 410 valence electrons. The minimum atomic E-state index is -2.04. The molecule has 0 aliphatic heterocycles. The Morgan fingerprint density at radius 3 is 1.68 bits per heavy atom. The maximum absolute atomic E-state index is 14.0. The number of hydrogen-bond acceptors (Lipinski definition) is 16. The Morgan fingerprint density at radius 2 is 1.11 bits per heavy atom. The summed E-state index contributed by atoms with van der Waals surface area (Å²) in [5.41, 5.74) is 12.2. The Morgan fingerprint density at radius 1 is 0.587 bits per heavy atom. The highest BCUT2D eigenvalue weighted by atomic mass is 16.4. The van der Waals surface area contributed by atoms with E-state index < -0.39 is 158 Å². The number of carboxylic acids is 2. The third-order valence-electron chi connectivity index (χ3n) is 11.7. The van der Waals surface area contributed by atoms with E-state index in [1.165, 1.54) is 31.2 Å². The van der Waals surface area contributed by atoms with E-state index in [-0.39, 0.29) is 18.6 Å². The number of aromatic amines is 1. The fourth-order valence-corrected chi connectivity index (χ4v) is 7.23. The van der Waals surface area contributed by atoms with Crippen LogP contribution in [0.1, 0.15) is 58.1 Å². The summed E-state index contributed by atoms with van der Waals surface area (Å²) >= 11 is 0. The molecular formula is C47H65N11O17. The first-order valence-corrected chi connectivity index (χ1v) is 23.4. The van der Waals surface area contributed by atoms with Gasteiger partial charge in [-0.25, -0.2) is 4.79 Å². The standard InChI is InChI=1S/C47H65N11O17/c1-5-21(2)37(57-40(67)28(48)19-59)45(72)58-38(23(4)61)46(73)56-34(20-60)44(71)54-32(17-36(64)65)43(70)53-30(14-24-10-12-26(62)13-11-24)41(68)51-22(3)39(66)52-31(42(69)55-33(47(74)75)16-35(49)63)15-25-18-50-29-9-7-6-8-27(25)29/h6-13,18,21-23,28,30-34,37-38,50,59-62H,5,14-17,19-20,48H2,1-4H3,(H2,49,63)(H,51,68)(H,52,66)(H,53,70)(H,54,71)(H,55,69)(H,56,73)(H,57,67)(H,58,72)(H,64,65)(H,74,75)/t21-,22-,23+,28-,30-,31-,32-,33-,34-,37-,38-/m0/s1. The Kier molecular flexibility index (Phi) is 23.5. The largest absolute Gasteiger partial charge is 0.508 e. The van der Waals surface area contributed by atoms with E-state index in [0.29, 0.717) is 28.5 Å². The first-order chi connectivity index (χ1) is 35.3. The number of nitrogens with two attached hydrogens (primary N) is 2. The summed E-state index contributed by atoms with van der Waals surface area (Å²) in [6.07, 6.45) is -2.34. The topological polar surface area (TPSA) is 473 Å². The minimum absolute atomic E-state index is 0.176. The van der Waals surface area contributed by atoms with Gasteiger partial charge in [0.1, 0.15) is 60.1 Å². The lowest BCUT2D eigenvalue weighted by atomic mass is 9.97. The summed E-state index contributed by atoms with van der Waals surface area (Å²) in [4.78, 5) is 147. The van der Waals surface area contributed by atoms with Crippen LogP contribution in [-0.2, 0) is 65.6 Å². The number of aliphatic hydroxyl groups excluding tert-OH is 3. The van der Waals surface area contributed by atoms with Crippen molar-refractivity contribution in [3.05, 3.63) is 65.9 Å². The molecule has 2 aromatic carbocycles. The number of carbonyl (C=O) groups excluding carboxylic acids is 9. The van der Waals surface area contributed by atoms with E-state index in [4.69, 9.17) is 11.5 Å². The van der Waals surface area contributed by atoms with Crippen molar-refractivity contribution in [3.8, 4) is 5.75 Å². The van der Waals surface area contributed by atoms with Crippen LogP contribution in [0.4, 0.5) is 0 Å². The van der Waals surface area contributed by atoms with E-state index in [1.54, 1.807) is 44.3 Å². The van der Waals surface area contributed by atoms with Crippen molar-refractivity contribution in [2.45, 2.75) is 120 Å². The van der Waals surface area contributed by atoms with E-state index in [1.807, 2.05) is 0 Å². The Bertz CT molecular complexity index is 2540. The molecule has 0 aliphatic carbocycles. The molecule has 75 heavy (non-hydrogen) atoms. The van der Waals surface area contributed by atoms with Gasteiger partial charge in [0.15, 0.2) is 0 Å². The zero-order valence-corrected chi connectivity index (χ0v) is 41.3. The van der Waals surface area contributed by atoms with Crippen LogP contribution in [-0.4, -0.2) is 174 Å². The number of primary amides is 1. The number of carboxylic acid groups (broad SMARTS) is 2. The fraction of sp³-hybridized carbons (Fsp3) is 0.468. The SMILES string of the molecule is CC[C@H](C)[C@H](NC(=O)[C@@H](N)CO)C(=O)N[C@H](C(=O)N[C@@H](CO)C(=O)N[C@@H](CC(=O)O)C(=O)N[C@@H](Cc1ccc(O)cc1)C(=O)N[C@@H](C)C(=O)N[C@@H](Cc1c[nH]c2ccccc12)C(=O)N[C@@H](CC(N)=O)C(=O)O)[C@@H](C)O. The summed E-state index contributed by atoms with van der Waals surface area (Å²) in [6, 6.07) is -2.93. The molecule has 1 heterocycles. The quantitative estimate of drug-likeness (QED) is 0.0297. The second-order valence-electron chi connectivity index (χ2n) is 17.6. The van der Waals surface area contributed by atoms with Crippen molar-refractivity contribution >= 4 is 76.0 Å². The first kappa shape index (κ1) is 61.1. The highest BCUT2D eigenvalue weighted by Crippen LogP contribution is 2.20. The van der Waals surface area contributed by atoms with Crippen LogP contribution < -0.4 is 54.0 Å². The molecule has 0 saturated heterocycles. The van der Waals surface area contributed by atoms with Gasteiger partial charge in [-0.15, -0.1) is 0 Å². The zero-order chi connectivity index (χ0) is 56.3. The molecule has 0 fully saturated rings. The van der Waals surface area contributed by atoms with Crippen molar-refractivity contribution in [3.63, 3.8) is 0 Å². The Labute approximate surface area is 428 Å². The first-order valence-electron chi connectivity index (χ1n) is 23.4. The smallest absolute Gasteiger partial charge is 0.326 e. The second kappa shape index (κ2) is 28.9. The number of H-pyrrole nitrogens is 1. The zero-order valence-electron chi connectivity index (χ0n) is 41.3. The summed E-state index contributed by atoms with van der Waals surface area (Å²) in [5.74, 6) is -14.0. The molecule has 28 heteroatoms. The summed E-state index contributed by atoms with van der Waals surface area (Å²) in [6.45, 7) is 3.62. The van der Waals surface area contributed by atoms with E-state index >= 15 is 0 Å². The second-order valence-corrected chi connectivity index (χ2v) is 17.6. The molecule has 11 atom stereocenters. The van der Waals surface area contributed by atoms with Crippen LogP contribution in [0, 0.1) is 5.92 Å².